The van der Waals surface area contributed by atoms with E-state index in [1.54, 1.807) is 0 Å². The summed E-state index contributed by atoms with van der Waals surface area (Å²) in [7, 11) is 0. The van der Waals surface area contributed by atoms with E-state index in [9.17, 15) is 4.79 Å². The molecule has 1 aromatic heterocycles. The molecule has 0 fully saturated rings. The number of hydrogen-bond donors (Lipinski definition) is 1. The molecular weight excluding hydrogens is 286 g/mol. The molecule has 5 heteroatoms. The number of ether oxygens (including phenoxy) is 2. The number of para-hydroxylation sites is 2. The van der Waals surface area contributed by atoms with Crippen LogP contribution in [0.5, 0.6) is 11.5 Å². The van der Waals surface area contributed by atoms with Crippen molar-refractivity contribution in [3.05, 3.63) is 46.2 Å². The molecular formula is C16H19NO3S. The Labute approximate surface area is 128 Å². The average molecular weight is 305 g/mol. The van der Waals surface area contributed by atoms with E-state index in [-0.39, 0.29) is 5.91 Å². The topological polar surface area (TPSA) is 47.6 Å². The summed E-state index contributed by atoms with van der Waals surface area (Å²) in [6.45, 7) is 5.49. The molecule has 0 atom stereocenters. The predicted molar refractivity (Wildman–Crippen MR) is 84.3 cm³/mol. The van der Waals surface area contributed by atoms with Gasteiger partial charge in [0.25, 0.3) is 5.91 Å². The largest absolute Gasteiger partial charge is 0.490 e. The van der Waals surface area contributed by atoms with E-state index >= 15 is 0 Å². The van der Waals surface area contributed by atoms with Gasteiger partial charge in [0.05, 0.1) is 11.5 Å². The summed E-state index contributed by atoms with van der Waals surface area (Å²) in [4.78, 5) is 12.4. The second-order valence-electron chi connectivity index (χ2n) is 4.35. The van der Waals surface area contributed by atoms with Crippen LogP contribution in [0.25, 0.3) is 0 Å². The first-order chi connectivity index (χ1) is 10.2. The maximum atomic E-state index is 11.7. The molecule has 0 radical (unpaired) electrons. The van der Waals surface area contributed by atoms with E-state index in [4.69, 9.17) is 9.47 Å². The van der Waals surface area contributed by atoms with Gasteiger partial charge in [0, 0.05) is 12.1 Å². The van der Waals surface area contributed by atoms with Gasteiger partial charge in [-0.1, -0.05) is 12.1 Å². The van der Waals surface area contributed by atoms with Crippen molar-refractivity contribution in [3.63, 3.8) is 0 Å². The van der Waals surface area contributed by atoms with Crippen LogP contribution in [-0.2, 0) is 6.61 Å². The Kier molecular flexibility index (Phi) is 5.63. The lowest BCUT2D eigenvalue weighted by Gasteiger charge is -2.10. The van der Waals surface area contributed by atoms with Gasteiger partial charge in [0.15, 0.2) is 11.5 Å². The predicted octanol–water partition coefficient (Wildman–Crippen LogP) is 3.48. The van der Waals surface area contributed by atoms with E-state index in [0.717, 1.165) is 11.3 Å². The average Bonchev–Trinajstić information content (AvgIpc) is 2.96. The molecule has 112 valence electrons. The molecule has 1 aromatic carbocycles. The van der Waals surface area contributed by atoms with Crippen LogP contribution in [-0.4, -0.2) is 19.1 Å². The molecule has 2 aromatic rings. The molecule has 0 aliphatic heterocycles. The third kappa shape index (κ3) is 4.23. The number of carbonyl (C=O) groups excluding carboxylic acids is 1. The fraction of sp³-hybridized carbons (Fsp3) is 0.312. The van der Waals surface area contributed by atoms with Crippen molar-refractivity contribution in [2.24, 2.45) is 0 Å². The molecule has 1 heterocycles. The lowest BCUT2D eigenvalue weighted by atomic mass is 10.3. The van der Waals surface area contributed by atoms with E-state index in [2.05, 4.69) is 5.32 Å². The zero-order valence-corrected chi connectivity index (χ0v) is 13.0. The summed E-state index contributed by atoms with van der Waals surface area (Å²) in [6, 6.07) is 9.44. The normalized spacial score (nSPS) is 10.2. The van der Waals surface area contributed by atoms with Crippen molar-refractivity contribution in [3.8, 4) is 11.5 Å². The summed E-state index contributed by atoms with van der Waals surface area (Å²) in [6.07, 6.45) is 0. The lowest BCUT2D eigenvalue weighted by molar-refractivity contribution is 0.0960. The van der Waals surface area contributed by atoms with Crippen molar-refractivity contribution in [2.45, 2.75) is 20.5 Å². The van der Waals surface area contributed by atoms with Crippen molar-refractivity contribution < 1.29 is 14.3 Å². The van der Waals surface area contributed by atoms with Crippen molar-refractivity contribution in [1.82, 2.24) is 5.32 Å². The van der Waals surface area contributed by atoms with Crippen LogP contribution in [0.3, 0.4) is 0 Å². The van der Waals surface area contributed by atoms with Gasteiger partial charge in [-0.3, -0.25) is 4.79 Å². The Hall–Kier alpha value is -2.01. The van der Waals surface area contributed by atoms with Gasteiger partial charge in [-0.05, 0) is 37.4 Å². The van der Waals surface area contributed by atoms with Crippen molar-refractivity contribution in [1.29, 1.82) is 0 Å². The molecule has 1 N–H and O–H groups in total. The summed E-state index contributed by atoms with van der Waals surface area (Å²) >= 11 is 1.42. The maximum Gasteiger partial charge on any atom is 0.261 e. The monoisotopic (exact) mass is 305 g/mol. The molecule has 0 saturated carbocycles. The SMILES string of the molecule is CCNC(=O)c1cc(COc2ccccc2OCC)cs1. The Balaban J connectivity index is 1.99. The first kappa shape index (κ1) is 15.4. The first-order valence-electron chi connectivity index (χ1n) is 6.94. The van der Waals surface area contributed by atoms with Gasteiger partial charge in [-0.2, -0.15) is 0 Å². The number of carbonyl (C=O) groups is 1. The zero-order valence-electron chi connectivity index (χ0n) is 12.2. The molecule has 0 saturated heterocycles. The molecule has 0 aliphatic carbocycles. The van der Waals surface area contributed by atoms with Gasteiger partial charge in [0.2, 0.25) is 0 Å². The van der Waals surface area contributed by atoms with Crippen LogP contribution >= 0.6 is 11.3 Å². The molecule has 0 aliphatic rings. The summed E-state index contributed by atoms with van der Waals surface area (Å²) < 4.78 is 11.3. The molecule has 1 amide bonds. The lowest BCUT2D eigenvalue weighted by Crippen LogP contribution is -2.21. The quantitative estimate of drug-likeness (QED) is 0.852. The Morgan fingerprint density at radius 3 is 2.57 bits per heavy atom. The van der Waals surface area contributed by atoms with Gasteiger partial charge in [-0.25, -0.2) is 0 Å². The second kappa shape index (κ2) is 7.69. The summed E-state index contributed by atoms with van der Waals surface area (Å²) in [5.74, 6) is 1.41. The highest BCUT2D eigenvalue weighted by Crippen LogP contribution is 2.27. The highest BCUT2D eigenvalue weighted by molar-refractivity contribution is 7.12. The van der Waals surface area contributed by atoms with Gasteiger partial charge in [-0.15, -0.1) is 11.3 Å². The minimum atomic E-state index is -0.0385. The van der Waals surface area contributed by atoms with Gasteiger partial charge < -0.3 is 14.8 Å². The smallest absolute Gasteiger partial charge is 0.261 e. The van der Waals surface area contributed by atoms with E-state index in [0.29, 0.717) is 30.4 Å². The minimum absolute atomic E-state index is 0.0385. The van der Waals surface area contributed by atoms with E-state index < -0.39 is 0 Å². The number of hydrogen-bond acceptors (Lipinski definition) is 4. The molecule has 4 nitrogen and oxygen atoms in total. The Bertz CT molecular complexity index is 595. The molecule has 0 spiro atoms. The molecule has 2 rings (SSSR count). The van der Waals surface area contributed by atoms with Gasteiger partial charge >= 0.3 is 0 Å². The van der Waals surface area contributed by atoms with Crippen LogP contribution in [0, 0.1) is 0 Å². The van der Waals surface area contributed by atoms with Crippen LogP contribution in [0.1, 0.15) is 29.1 Å². The zero-order chi connectivity index (χ0) is 15.1. The highest BCUT2D eigenvalue weighted by Gasteiger charge is 2.09. The molecule has 0 unspecified atom stereocenters. The van der Waals surface area contributed by atoms with Crippen molar-refractivity contribution >= 4 is 17.2 Å². The number of nitrogens with one attached hydrogen (secondary N) is 1. The standard InChI is InChI=1S/C16H19NO3S/c1-3-17-16(18)15-9-12(11-21-15)10-20-14-8-6-5-7-13(14)19-4-2/h5-9,11H,3-4,10H2,1-2H3,(H,17,18). The Morgan fingerprint density at radius 2 is 1.90 bits per heavy atom. The number of thiophene rings is 1. The van der Waals surface area contributed by atoms with Gasteiger partial charge in [0.1, 0.15) is 6.61 Å². The number of benzene rings is 1. The van der Waals surface area contributed by atoms with Crippen LogP contribution in [0.4, 0.5) is 0 Å². The second-order valence-corrected chi connectivity index (χ2v) is 5.26. The van der Waals surface area contributed by atoms with Crippen LogP contribution in [0.15, 0.2) is 35.7 Å². The number of amides is 1. The molecule has 0 bridgehead atoms. The van der Waals surface area contributed by atoms with E-state index in [1.165, 1.54) is 11.3 Å². The van der Waals surface area contributed by atoms with Crippen molar-refractivity contribution in [2.75, 3.05) is 13.2 Å². The fourth-order valence-corrected chi connectivity index (χ4v) is 2.64. The minimum Gasteiger partial charge on any atom is -0.490 e. The van der Waals surface area contributed by atoms with Crippen LogP contribution < -0.4 is 14.8 Å². The summed E-state index contributed by atoms with van der Waals surface area (Å²) in [5, 5.41) is 4.72. The first-order valence-corrected chi connectivity index (χ1v) is 7.82. The third-order valence-electron chi connectivity index (χ3n) is 2.76. The summed E-state index contributed by atoms with van der Waals surface area (Å²) in [5.41, 5.74) is 0.979. The fourth-order valence-electron chi connectivity index (χ4n) is 1.82. The highest BCUT2D eigenvalue weighted by atomic mass is 32.1. The van der Waals surface area contributed by atoms with Crippen LogP contribution in [0.2, 0.25) is 0 Å². The van der Waals surface area contributed by atoms with E-state index in [1.807, 2.05) is 49.6 Å². The number of rotatable bonds is 7. The molecule has 21 heavy (non-hydrogen) atoms. The third-order valence-corrected chi connectivity index (χ3v) is 3.74. The maximum absolute atomic E-state index is 11.7. The Morgan fingerprint density at radius 1 is 1.19 bits per heavy atom.